The van der Waals surface area contributed by atoms with Crippen LogP contribution >= 0.6 is 11.8 Å². The van der Waals surface area contributed by atoms with Gasteiger partial charge in [-0.25, -0.2) is 0 Å². The van der Waals surface area contributed by atoms with E-state index in [1.54, 1.807) is 13.0 Å². The van der Waals surface area contributed by atoms with Gasteiger partial charge in [0.2, 0.25) is 5.89 Å². The molecule has 0 atom stereocenters. The number of thioether (sulfide) groups is 1. The van der Waals surface area contributed by atoms with Gasteiger partial charge >= 0.3 is 6.61 Å². The van der Waals surface area contributed by atoms with Crippen LogP contribution in [-0.4, -0.2) is 28.3 Å². The molecular weight excluding hydrogens is 386 g/mol. The molecular formula is C20H18F2N2O3S. The summed E-state index contributed by atoms with van der Waals surface area (Å²) in [4.78, 5) is 12.5. The number of ketones is 1. The first-order chi connectivity index (χ1) is 13.3. The molecule has 3 aromatic rings. The average Bonchev–Trinajstić information content (AvgIpc) is 3.09. The largest absolute Gasteiger partial charge is 0.434 e. The predicted molar refractivity (Wildman–Crippen MR) is 102 cm³/mol. The number of alkyl halides is 2. The van der Waals surface area contributed by atoms with Gasteiger partial charge in [0.1, 0.15) is 5.75 Å². The molecule has 0 bridgehead atoms. The molecule has 0 radical (unpaired) electrons. The van der Waals surface area contributed by atoms with E-state index in [4.69, 9.17) is 4.42 Å². The first-order valence-corrected chi connectivity index (χ1v) is 9.44. The van der Waals surface area contributed by atoms with E-state index in [-0.39, 0.29) is 28.1 Å². The number of hydrogen-bond acceptors (Lipinski definition) is 6. The minimum absolute atomic E-state index is 0.0441. The maximum Gasteiger partial charge on any atom is 0.387 e. The molecule has 0 N–H and O–H groups in total. The van der Waals surface area contributed by atoms with Crippen LogP contribution in [0.4, 0.5) is 8.78 Å². The fraction of sp³-hybridized carbons (Fsp3) is 0.250. The van der Waals surface area contributed by atoms with Crippen molar-refractivity contribution in [2.75, 3.05) is 5.75 Å². The van der Waals surface area contributed by atoms with Crippen molar-refractivity contribution >= 4 is 17.5 Å². The number of hydrogen-bond donors (Lipinski definition) is 0. The summed E-state index contributed by atoms with van der Waals surface area (Å²) in [5.41, 5.74) is 3.81. The lowest BCUT2D eigenvalue weighted by Gasteiger charge is -2.10. The molecule has 2 aromatic carbocycles. The minimum Gasteiger partial charge on any atom is -0.434 e. The van der Waals surface area contributed by atoms with Crippen LogP contribution in [0.1, 0.15) is 27.0 Å². The van der Waals surface area contributed by atoms with Crippen LogP contribution in [0.25, 0.3) is 11.5 Å². The van der Waals surface area contributed by atoms with Crippen LogP contribution in [0, 0.1) is 20.8 Å². The number of benzene rings is 2. The first kappa shape index (κ1) is 20.0. The molecule has 5 nitrogen and oxygen atoms in total. The number of Topliss-reactive ketones (excluding diaryl/α,β-unsaturated/α-hetero) is 1. The number of aryl methyl sites for hydroxylation is 3. The van der Waals surface area contributed by atoms with Crippen molar-refractivity contribution in [1.82, 2.24) is 10.2 Å². The quantitative estimate of drug-likeness (QED) is 0.396. The molecule has 3 rings (SSSR count). The summed E-state index contributed by atoms with van der Waals surface area (Å²) in [6, 6.07) is 10.4. The standard InChI is InChI=1S/C20H18F2N2O3S/c1-11-4-5-17(26-19(21)22)15(9-11)16(25)10-28-20-24-23-18(27-20)14-7-12(2)6-13(3)8-14/h4-9,19H,10H2,1-3H3. The maximum atomic E-state index is 12.6. The van der Waals surface area contributed by atoms with E-state index < -0.39 is 6.61 Å². The molecule has 8 heteroatoms. The van der Waals surface area contributed by atoms with Crippen LogP contribution < -0.4 is 4.74 Å². The SMILES string of the molecule is Cc1cc(C)cc(-c2nnc(SCC(=O)c3cc(C)ccc3OC(F)F)o2)c1. The van der Waals surface area contributed by atoms with E-state index in [9.17, 15) is 13.6 Å². The normalized spacial score (nSPS) is 11.1. The molecule has 0 fully saturated rings. The highest BCUT2D eigenvalue weighted by molar-refractivity contribution is 7.99. The van der Waals surface area contributed by atoms with Gasteiger partial charge in [0.25, 0.3) is 5.22 Å². The Morgan fingerprint density at radius 2 is 1.79 bits per heavy atom. The highest BCUT2D eigenvalue weighted by Crippen LogP contribution is 2.28. The monoisotopic (exact) mass is 404 g/mol. The van der Waals surface area contributed by atoms with E-state index in [0.717, 1.165) is 34.0 Å². The molecule has 146 valence electrons. The lowest BCUT2D eigenvalue weighted by atomic mass is 10.1. The van der Waals surface area contributed by atoms with Gasteiger partial charge in [0.05, 0.1) is 11.3 Å². The summed E-state index contributed by atoms with van der Waals surface area (Å²) in [6.07, 6.45) is 0. The van der Waals surface area contributed by atoms with Gasteiger partial charge in [-0.1, -0.05) is 40.6 Å². The van der Waals surface area contributed by atoms with E-state index in [1.807, 2.05) is 32.0 Å². The van der Waals surface area contributed by atoms with Gasteiger partial charge < -0.3 is 9.15 Å². The third-order valence-corrected chi connectivity index (χ3v) is 4.67. The Hall–Kier alpha value is -2.74. The number of aromatic nitrogens is 2. The van der Waals surface area contributed by atoms with Gasteiger partial charge in [-0.05, 0) is 45.0 Å². The van der Waals surface area contributed by atoms with Crippen LogP contribution in [0.2, 0.25) is 0 Å². The van der Waals surface area contributed by atoms with Crippen molar-refractivity contribution in [2.45, 2.75) is 32.6 Å². The summed E-state index contributed by atoms with van der Waals surface area (Å²) in [7, 11) is 0. The van der Waals surface area contributed by atoms with Crippen molar-refractivity contribution < 1.29 is 22.7 Å². The van der Waals surface area contributed by atoms with Gasteiger partial charge in [0.15, 0.2) is 5.78 Å². The molecule has 0 amide bonds. The second-order valence-corrected chi connectivity index (χ2v) is 7.27. The summed E-state index contributed by atoms with van der Waals surface area (Å²) in [5.74, 6) is -0.195. The highest BCUT2D eigenvalue weighted by Gasteiger charge is 2.18. The lowest BCUT2D eigenvalue weighted by Crippen LogP contribution is -2.10. The van der Waals surface area contributed by atoms with Gasteiger partial charge in [-0.3, -0.25) is 4.79 Å². The average molecular weight is 404 g/mol. The number of carbonyl (C=O) groups is 1. The number of rotatable bonds is 7. The van der Waals surface area contributed by atoms with E-state index in [1.165, 1.54) is 12.1 Å². The van der Waals surface area contributed by atoms with Crippen molar-refractivity contribution in [3.05, 3.63) is 58.7 Å². The Morgan fingerprint density at radius 1 is 1.07 bits per heavy atom. The molecule has 0 aliphatic heterocycles. The van der Waals surface area contributed by atoms with Crippen molar-refractivity contribution in [1.29, 1.82) is 0 Å². The fourth-order valence-corrected chi connectivity index (χ4v) is 3.39. The number of halogens is 2. The topological polar surface area (TPSA) is 65.2 Å². The predicted octanol–water partition coefficient (Wildman–Crippen LogP) is 5.24. The van der Waals surface area contributed by atoms with Gasteiger partial charge in [-0.15, -0.1) is 10.2 Å². The van der Waals surface area contributed by atoms with Gasteiger partial charge in [-0.2, -0.15) is 8.78 Å². The van der Waals surface area contributed by atoms with Crippen molar-refractivity contribution in [3.8, 4) is 17.2 Å². The molecule has 0 saturated carbocycles. The summed E-state index contributed by atoms with van der Waals surface area (Å²) >= 11 is 1.05. The summed E-state index contributed by atoms with van der Waals surface area (Å²) < 4.78 is 35.2. The zero-order chi connectivity index (χ0) is 20.3. The Morgan fingerprint density at radius 3 is 2.46 bits per heavy atom. The smallest absolute Gasteiger partial charge is 0.387 e. The molecule has 1 aromatic heterocycles. The third-order valence-electron chi connectivity index (χ3n) is 3.85. The summed E-state index contributed by atoms with van der Waals surface area (Å²) in [6.45, 7) is 2.71. The lowest BCUT2D eigenvalue weighted by molar-refractivity contribution is -0.0501. The zero-order valence-electron chi connectivity index (χ0n) is 15.5. The van der Waals surface area contributed by atoms with Crippen LogP contribution in [-0.2, 0) is 0 Å². The molecule has 28 heavy (non-hydrogen) atoms. The maximum absolute atomic E-state index is 12.6. The second-order valence-electron chi connectivity index (χ2n) is 6.34. The molecule has 0 spiro atoms. The summed E-state index contributed by atoms with van der Waals surface area (Å²) in [5, 5.41) is 8.19. The minimum atomic E-state index is -3.00. The number of carbonyl (C=O) groups excluding carboxylic acids is 1. The number of ether oxygens (including phenoxy) is 1. The molecule has 1 heterocycles. The van der Waals surface area contributed by atoms with E-state index in [2.05, 4.69) is 14.9 Å². The Labute approximate surface area is 165 Å². The molecule has 0 aliphatic carbocycles. The van der Waals surface area contributed by atoms with Gasteiger partial charge in [0, 0.05) is 5.56 Å². The van der Waals surface area contributed by atoms with Crippen molar-refractivity contribution in [3.63, 3.8) is 0 Å². The van der Waals surface area contributed by atoms with Crippen LogP contribution in [0.3, 0.4) is 0 Å². The fourth-order valence-electron chi connectivity index (χ4n) is 2.75. The van der Waals surface area contributed by atoms with Crippen molar-refractivity contribution in [2.24, 2.45) is 0 Å². The highest BCUT2D eigenvalue weighted by atomic mass is 32.2. The second kappa shape index (κ2) is 8.52. The van der Waals surface area contributed by atoms with E-state index in [0.29, 0.717) is 5.89 Å². The zero-order valence-corrected chi connectivity index (χ0v) is 16.3. The number of nitrogens with zero attached hydrogens (tertiary/aromatic N) is 2. The Bertz CT molecular complexity index is 985. The first-order valence-electron chi connectivity index (χ1n) is 8.45. The molecule has 0 unspecified atom stereocenters. The Kier molecular flexibility index (Phi) is 6.08. The third kappa shape index (κ3) is 4.95. The van der Waals surface area contributed by atoms with E-state index >= 15 is 0 Å². The Balaban J connectivity index is 1.72. The van der Waals surface area contributed by atoms with Crippen LogP contribution in [0.5, 0.6) is 5.75 Å². The van der Waals surface area contributed by atoms with Crippen LogP contribution in [0.15, 0.2) is 46.0 Å². The molecule has 0 saturated heterocycles. The molecule has 0 aliphatic rings.